The summed E-state index contributed by atoms with van der Waals surface area (Å²) in [5.74, 6) is -0.671. The predicted octanol–water partition coefficient (Wildman–Crippen LogP) is 1.31. The number of halogens is 1. The van der Waals surface area contributed by atoms with Gasteiger partial charge in [0.2, 0.25) is 0 Å². The molecule has 1 heterocycles. The van der Waals surface area contributed by atoms with Crippen LogP contribution in [0.15, 0.2) is 18.2 Å². The quantitative estimate of drug-likeness (QED) is 0.715. The SMILES string of the molecule is CC1(CO)Oc2ccc(F)cc2O1. The van der Waals surface area contributed by atoms with Gasteiger partial charge in [-0.25, -0.2) is 4.39 Å². The molecule has 3 nitrogen and oxygen atoms in total. The third kappa shape index (κ3) is 1.33. The van der Waals surface area contributed by atoms with Crippen molar-refractivity contribution in [3.8, 4) is 11.5 Å². The first kappa shape index (κ1) is 8.31. The van der Waals surface area contributed by atoms with Crippen LogP contribution in [0.25, 0.3) is 0 Å². The van der Waals surface area contributed by atoms with Crippen LogP contribution < -0.4 is 9.47 Å². The summed E-state index contributed by atoms with van der Waals surface area (Å²) >= 11 is 0. The van der Waals surface area contributed by atoms with Gasteiger partial charge in [-0.3, -0.25) is 0 Å². The van der Waals surface area contributed by atoms with Gasteiger partial charge in [-0.1, -0.05) is 0 Å². The molecule has 1 atom stereocenters. The van der Waals surface area contributed by atoms with Gasteiger partial charge in [-0.05, 0) is 12.1 Å². The zero-order valence-electron chi connectivity index (χ0n) is 7.08. The lowest BCUT2D eigenvalue weighted by Gasteiger charge is -2.19. The molecule has 70 valence electrons. The second-order valence-corrected chi connectivity index (χ2v) is 3.09. The Labute approximate surface area is 74.7 Å². The van der Waals surface area contributed by atoms with Gasteiger partial charge in [0.1, 0.15) is 12.4 Å². The summed E-state index contributed by atoms with van der Waals surface area (Å²) < 4.78 is 23.2. The fourth-order valence-electron chi connectivity index (χ4n) is 1.20. The van der Waals surface area contributed by atoms with Gasteiger partial charge in [-0.15, -0.1) is 0 Å². The van der Waals surface area contributed by atoms with Gasteiger partial charge in [0.05, 0.1) is 0 Å². The van der Waals surface area contributed by atoms with Crippen LogP contribution in [0.5, 0.6) is 11.5 Å². The van der Waals surface area contributed by atoms with E-state index in [2.05, 4.69) is 0 Å². The molecular weight excluding hydrogens is 175 g/mol. The highest BCUT2D eigenvalue weighted by atomic mass is 19.1. The van der Waals surface area contributed by atoms with E-state index in [1.165, 1.54) is 18.2 Å². The van der Waals surface area contributed by atoms with Gasteiger partial charge >= 0.3 is 0 Å². The van der Waals surface area contributed by atoms with Crippen molar-refractivity contribution in [3.63, 3.8) is 0 Å². The molecule has 1 aromatic rings. The van der Waals surface area contributed by atoms with Gasteiger partial charge in [0.25, 0.3) is 5.79 Å². The number of hydrogen-bond donors (Lipinski definition) is 1. The van der Waals surface area contributed by atoms with Gasteiger partial charge in [0, 0.05) is 13.0 Å². The number of fused-ring (bicyclic) bond motifs is 1. The Kier molecular flexibility index (Phi) is 1.66. The second kappa shape index (κ2) is 2.60. The average molecular weight is 184 g/mol. The molecule has 0 spiro atoms. The maximum absolute atomic E-state index is 12.7. The van der Waals surface area contributed by atoms with E-state index in [0.717, 1.165) is 0 Å². The minimum atomic E-state index is -1.07. The largest absolute Gasteiger partial charge is 0.446 e. The Balaban J connectivity index is 2.35. The number of rotatable bonds is 1. The third-order valence-corrected chi connectivity index (χ3v) is 1.84. The Hall–Kier alpha value is -1.29. The summed E-state index contributed by atoms with van der Waals surface area (Å²) in [4.78, 5) is 0. The first-order valence-electron chi connectivity index (χ1n) is 3.91. The van der Waals surface area contributed by atoms with Crippen molar-refractivity contribution in [3.05, 3.63) is 24.0 Å². The van der Waals surface area contributed by atoms with E-state index in [4.69, 9.17) is 14.6 Å². The summed E-state index contributed by atoms with van der Waals surface area (Å²) in [5.41, 5.74) is 0. The molecule has 4 heteroatoms. The van der Waals surface area contributed by atoms with E-state index in [1.807, 2.05) is 0 Å². The standard InChI is InChI=1S/C9H9FO3/c1-9(5-11)12-7-3-2-6(10)4-8(7)13-9/h2-4,11H,5H2,1H3. The van der Waals surface area contributed by atoms with E-state index in [0.29, 0.717) is 11.5 Å². The molecule has 0 aromatic heterocycles. The highest BCUT2D eigenvalue weighted by molar-refractivity contribution is 5.43. The maximum atomic E-state index is 12.7. The minimum absolute atomic E-state index is 0.275. The van der Waals surface area contributed by atoms with Crippen molar-refractivity contribution in [2.24, 2.45) is 0 Å². The number of hydrogen-bond acceptors (Lipinski definition) is 3. The van der Waals surface area contributed by atoms with Crippen LogP contribution in [0.3, 0.4) is 0 Å². The molecule has 2 rings (SSSR count). The Bertz CT molecular complexity index is 340. The van der Waals surface area contributed by atoms with Crippen molar-refractivity contribution >= 4 is 0 Å². The van der Waals surface area contributed by atoms with Crippen molar-refractivity contribution < 1.29 is 19.0 Å². The van der Waals surface area contributed by atoms with Gasteiger partial charge in [0.15, 0.2) is 11.5 Å². The summed E-state index contributed by atoms with van der Waals surface area (Å²) in [7, 11) is 0. The molecule has 0 aliphatic carbocycles. The van der Waals surface area contributed by atoms with E-state index in [9.17, 15) is 4.39 Å². The maximum Gasteiger partial charge on any atom is 0.271 e. The molecular formula is C9H9FO3. The molecule has 1 aromatic carbocycles. The zero-order valence-corrected chi connectivity index (χ0v) is 7.08. The predicted molar refractivity (Wildman–Crippen MR) is 43.1 cm³/mol. The molecule has 13 heavy (non-hydrogen) atoms. The Morgan fingerprint density at radius 2 is 2.08 bits per heavy atom. The molecule has 0 saturated carbocycles. The average Bonchev–Trinajstić information content (AvgIpc) is 2.42. The molecule has 0 radical (unpaired) electrons. The van der Waals surface area contributed by atoms with Crippen LogP contribution in [-0.2, 0) is 0 Å². The summed E-state index contributed by atoms with van der Waals surface area (Å²) in [6, 6.07) is 3.99. The van der Waals surface area contributed by atoms with Crippen molar-refractivity contribution in [1.82, 2.24) is 0 Å². The lowest BCUT2D eigenvalue weighted by molar-refractivity contribution is -0.0987. The number of ether oxygens (including phenoxy) is 2. The lowest BCUT2D eigenvalue weighted by atomic mass is 10.3. The normalized spacial score (nSPS) is 24.8. The summed E-state index contributed by atoms with van der Waals surface area (Å²) in [6.07, 6.45) is 0. The van der Waals surface area contributed by atoms with E-state index in [1.54, 1.807) is 6.92 Å². The van der Waals surface area contributed by atoms with Crippen LogP contribution in [0.2, 0.25) is 0 Å². The number of benzene rings is 1. The minimum Gasteiger partial charge on any atom is -0.446 e. The third-order valence-electron chi connectivity index (χ3n) is 1.84. The molecule has 1 unspecified atom stereocenters. The van der Waals surface area contributed by atoms with Crippen LogP contribution in [0, 0.1) is 5.82 Å². The monoisotopic (exact) mass is 184 g/mol. The van der Waals surface area contributed by atoms with E-state index in [-0.39, 0.29) is 12.4 Å². The molecule has 0 fully saturated rings. The van der Waals surface area contributed by atoms with Gasteiger partial charge < -0.3 is 14.6 Å². The van der Waals surface area contributed by atoms with Crippen LogP contribution in [0.4, 0.5) is 4.39 Å². The van der Waals surface area contributed by atoms with E-state index < -0.39 is 5.79 Å². The summed E-state index contributed by atoms with van der Waals surface area (Å²) in [6.45, 7) is 1.31. The Morgan fingerprint density at radius 1 is 1.38 bits per heavy atom. The van der Waals surface area contributed by atoms with Crippen LogP contribution in [0.1, 0.15) is 6.92 Å². The molecule has 1 aliphatic heterocycles. The summed E-state index contributed by atoms with van der Waals surface area (Å²) in [5, 5.41) is 8.92. The fourth-order valence-corrected chi connectivity index (χ4v) is 1.20. The number of aliphatic hydroxyl groups excluding tert-OH is 1. The van der Waals surface area contributed by atoms with Crippen molar-refractivity contribution in [2.45, 2.75) is 12.7 Å². The topological polar surface area (TPSA) is 38.7 Å². The molecule has 0 saturated heterocycles. The highest BCUT2D eigenvalue weighted by Crippen LogP contribution is 2.39. The van der Waals surface area contributed by atoms with Crippen LogP contribution >= 0.6 is 0 Å². The second-order valence-electron chi connectivity index (χ2n) is 3.09. The highest BCUT2D eigenvalue weighted by Gasteiger charge is 2.36. The molecule has 1 aliphatic rings. The molecule has 0 bridgehead atoms. The fraction of sp³-hybridized carbons (Fsp3) is 0.333. The first-order valence-corrected chi connectivity index (χ1v) is 3.91. The number of aliphatic hydroxyl groups is 1. The first-order chi connectivity index (χ1) is 6.13. The van der Waals surface area contributed by atoms with Crippen molar-refractivity contribution in [2.75, 3.05) is 6.61 Å². The van der Waals surface area contributed by atoms with E-state index >= 15 is 0 Å². The van der Waals surface area contributed by atoms with Gasteiger partial charge in [-0.2, -0.15) is 0 Å². The lowest BCUT2D eigenvalue weighted by Crippen LogP contribution is -2.38. The Morgan fingerprint density at radius 3 is 2.77 bits per heavy atom. The smallest absolute Gasteiger partial charge is 0.271 e. The van der Waals surface area contributed by atoms with Crippen LogP contribution in [-0.4, -0.2) is 17.5 Å². The van der Waals surface area contributed by atoms with Crippen molar-refractivity contribution in [1.29, 1.82) is 0 Å². The molecule has 1 N–H and O–H groups in total. The molecule has 0 amide bonds. The zero-order chi connectivity index (χ0) is 9.47.